The van der Waals surface area contributed by atoms with Crippen molar-refractivity contribution < 1.29 is 0 Å². The van der Waals surface area contributed by atoms with Gasteiger partial charge in [0.2, 0.25) is 0 Å². The summed E-state index contributed by atoms with van der Waals surface area (Å²) in [6, 6.07) is 11.5. The largest absolute Gasteiger partial charge is 0.395 e. The number of halogens is 1. The van der Waals surface area contributed by atoms with Crippen LogP contribution in [0.4, 0.5) is 17.3 Å². The van der Waals surface area contributed by atoms with Gasteiger partial charge in [-0.2, -0.15) is 5.10 Å². The van der Waals surface area contributed by atoms with Crippen LogP contribution in [0, 0.1) is 0 Å². The summed E-state index contributed by atoms with van der Waals surface area (Å²) in [6.07, 6.45) is 0. The SMILES string of the molecule is Nc1cc(SCc2c(-c3ccccc3)n[nH]c2Cl)c(N)c(N)n1. The first-order chi connectivity index (χ1) is 11.1. The maximum Gasteiger partial charge on any atom is 0.150 e. The number of H-pyrrole nitrogens is 1. The fourth-order valence-corrected chi connectivity index (χ4v) is 3.47. The van der Waals surface area contributed by atoms with Gasteiger partial charge >= 0.3 is 0 Å². The van der Waals surface area contributed by atoms with Gasteiger partial charge in [-0.3, -0.25) is 5.10 Å². The van der Waals surface area contributed by atoms with Gasteiger partial charge in [-0.1, -0.05) is 41.9 Å². The average molecular weight is 347 g/mol. The number of rotatable bonds is 4. The van der Waals surface area contributed by atoms with Crippen LogP contribution in [0.25, 0.3) is 11.3 Å². The molecular weight excluding hydrogens is 332 g/mol. The first kappa shape index (κ1) is 15.5. The second kappa shape index (κ2) is 6.39. The molecule has 0 unspecified atom stereocenters. The summed E-state index contributed by atoms with van der Waals surface area (Å²) >= 11 is 7.73. The highest BCUT2D eigenvalue weighted by molar-refractivity contribution is 7.98. The van der Waals surface area contributed by atoms with Crippen molar-refractivity contribution in [1.82, 2.24) is 15.2 Å². The Morgan fingerprint density at radius 1 is 1.13 bits per heavy atom. The van der Waals surface area contributed by atoms with E-state index >= 15 is 0 Å². The van der Waals surface area contributed by atoms with Gasteiger partial charge in [-0.15, -0.1) is 11.8 Å². The Morgan fingerprint density at radius 2 is 1.87 bits per heavy atom. The van der Waals surface area contributed by atoms with Crippen LogP contribution in [0.5, 0.6) is 0 Å². The van der Waals surface area contributed by atoms with Crippen LogP contribution in [-0.4, -0.2) is 15.2 Å². The zero-order valence-corrected chi connectivity index (χ0v) is 13.7. The quantitative estimate of drug-likeness (QED) is 0.538. The molecule has 8 heteroatoms. The zero-order valence-electron chi connectivity index (χ0n) is 12.1. The van der Waals surface area contributed by atoms with Crippen molar-refractivity contribution in [1.29, 1.82) is 0 Å². The standard InChI is InChI=1S/C15H15ClN6S/c16-14-9(13(21-22-14)8-4-2-1-3-5-8)7-23-10-6-11(17)20-15(19)12(10)18/h1-6H,7,18H2,(H,21,22)(H4,17,19,20). The summed E-state index contributed by atoms with van der Waals surface area (Å²) < 4.78 is 0. The fraction of sp³-hybridized carbons (Fsp3) is 0.0667. The van der Waals surface area contributed by atoms with Crippen LogP contribution in [0.3, 0.4) is 0 Å². The minimum absolute atomic E-state index is 0.231. The number of thioether (sulfide) groups is 1. The van der Waals surface area contributed by atoms with Crippen molar-refractivity contribution in [2.75, 3.05) is 17.2 Å². The third-order valence-corrected chi connectivity index (χ3v) is 4.70. The number of nitrogen functional groups attached to an aromatic ring is 3. The zero-order chi connectivity index (χ0) is 16.4. The van der Waals surface area contributed by atoms with Gasteiger partial charge in [0.1, 0.15) is 16.8 Å². The highest BCUT2D eigenvalue weighted by atomic mass is 35.5. The molecule has 23 heavy (non-hydrogen) atoms. The number of anilines is 3. The molecule has 0 aliphatic carbocycles. The van der Waals surface area contributed by atoms with E-state index < -0.39 is 0 Å². The maximum atomic E-state index is 6.24. The van der Waals surface area contributed by atoms with Crippen LogP contribution in [0.15, 0.2) is 41.3 Å². The third kappa shape index (κ3) is 3.20. The van der Waals surface area contributed by atoms with Gasteiger partial charge in [0.25, 0.3) is 0 Å². The van der Waals surface area contributed by atoms with Crippen molar-refractivity contribution in [2.45, 2.75) is 10.6 Å². The molecule has 0 radical (unpaired) electrons. The Hall–Kier alpha value is -2.38. The van der Waals surface area contributed by atoms with Crippen LogP contribution < -0.4 is 17.2 Å². The van der Waals surface area contributed by atoms with Crippen molar-refractivity contribution in [3.8, 4) is 11.3 Å². The number of aromatic nitrogens is 3. The lowest BCUT2D eigenvalue weighted by Crippen LogP contribution is -2.02. The van der Waals surface area contributed by atoms with Gasteiger partial charge in [-0.25, -0.2) is 4.98 Å². The molecule has 2 heterocycles. The lowest BCUT2D eigenvalue weighted by molar-refractivity contribution is 1.10. The molecule has 0 bridgehead atoms. The predicted octanol–water partition coefficient (Wildman–Crippen LogP) is 3.16. The Kier molecular flexibility index (Phi) is 4.31. The molecule has 3 aromatic rings. The minimum Gasteiger partial charge on any atom is -0.395 e. The summed E-state index contributed by atoms with van der Waals surface area (Å²) in [5.41, 5.74) is 20.6. The number of aromatic amines is 1. The number of nitrogens with one attached hydrogen (secondary N) is 1. The van der Waals surface area contributed by atoms with E-state index in [4.69, 9.17) is 28.8 Å². The summed E-state index contributed by atoms with van der Waals surface area (Å²) in [5, 5.41) is 7.62. The lowest BCUT2D eigenvalue weighted by Gasteiger charge is -2.09. The molecule has 0 saturated carbocycles. The van der Waals surface area contributed by atoms with E-state index in [1.54, 1.807) is 6.07 Å². The number of pyridine rings is 1. The molecule has 118 valence electrons. The van der Waals surface area contributed by atoms with Crippen LogP contribution in [-0.2, 0) is 5.75 Å². The summed E-state index contributed by atoms with van der Waals surface area (Å²) in [7, 11) is 0. The lowest BCUT2D eigenvalue weighted by atomic mass is 10.1. The molecule has 7 N–H and O–H groups in total. The van der Waals surface area contributed by atoms with E-state index in [-0.39, 0.29) is 5.82 Å². The van der Waals surface area contributed by atoms with E-state index in [2.05, 4.69) is 15.2 Å². The van der Waals surface area contributed by atoms with Gasteiger partial charge < -0.3 is 17.2 Å². The minimum atomic E-state index is 0.231. The molecule has 2 aromatic heterocycles. The van der Waals surface area contributed by atoms with E-state index in [0.717, 1.165) is 21.7 Å². The Morgan fingerprint density at radius 3 is 2.61 bits per heavy atom. The summed E-state index contributed by atoms with van der Waals surface area (Å²) in [6.45, 7) is 0. The molecule has 0 fully saturated rings. The van der Waals surface area contributed by atoms with E-state index in [1.807, 2.05) is 30.3 Å². The van der Waals surface area contributed by atoms with Crippen molar-refractivity contribution >= 4 is 40.7 Å². The molecule has 0 aliphatic heterocycles. The first-order valence-electron chi connectivity index (χ1n) is 6.78. The maximum absolute atomic E-state index is 6.24. The van der Waals surface area contributed by atoms with E-state index in [1.165, 1.54) is 11.8 Å². The molecule has 0 aliphatic rings. The number of nitrogens with zero attached hydrogens (tertiary/aromatic N) is 2. The first-order valence-corrected chi connectivity index (χ1v) is 8.15. The van der Waals surface area contributed by atoms with Crippen LogP contribution >= 0.6 is 23.4 Å². The summed E-state index contributed by atoms with van der Waals surface area (Å²) in [5.74, 6) is 1.14. The van der Waals surface area contributed by atoms with E-state index in [0.29, 0.717) is 22.4 Å². The number of nitrogens with two attached hydrogens (primary N) is 3. The molecular formula is C15H15ClN6S. The van der Waals surface area contributed by atoms with Crippen molar-refractivity contribution in [2.24, 2.45) is 0 Å². The normalized spacial score (nSPS) is 10.8. The van der Waals surface area contributed by atoms with Gasteiger partial charge in [0, 0.05) is 21.8 Å². The molecule has 3 rings (SSSR count). The smallest absolute Gasteiger partial charge is 0.150 e. The van der Waals surface area contributed by atoms with Gasteiger partial charge in [-0.05, 0) is 6.07 Å². The van der Waals surface area contributed by atoms with E-state index in [9.17, 15) is 0 Å². The molecule has 0 spiro atoms. The molecule has 1 aromatic carbocycles. The molecule has 6 nitrogen and oxygen atoms in total. The van der Waals surface area contributed by atoms with Crippen molar-refractivity contribution in [3.05, 3.63) is 47.1 Å². The second-order valence-corrected chi connectivity index (χ2v) is 6.26. The van der Waals surface area contributed by atoms with Crippen LogP contribution in [0.1, 0.15) is 5.56 Å². The Balaban J connectivity index is 1.89. The highest BCUT2D eigenvalue weighted by Crippen LogP contribution is 2.36. The Bertz CT molecular complexity index is 833. The van der Waals surface area contributed by atoms with Crippen molar-refractivity contribution in [3.63, 3.8) is 0 Å². The highest BCUT2D eigenvalue weighted by Gasteiger charge is 2.15. The average Bonchev–Trinajstić information content (AvgIpc) is 2.91. The number of benzene rings is 1. The third-order valence-electron chi connectivity index (χ3n) is 3.31. The molecule has 0 amide bonds. The second-order valence-electron chi connectivity index (χ2n) is 4.86. The predicted molar refractivity (Wildman–Crippen MR) is 96.1 cm³/mol. The van der Waals surface area contributed by atoms with Crippen LogP contribution in [0.2, 0.25) is 5.15 Å². The topological polar surface area (TPSA) is 120 Å². The monoisotopic (exact) mass is 346 g/mol. The van der Waals surface area contributed by atoms with Gasteiger partial charge in [0.05, 0.1) is 11.4 Å². The molecule has 0 atom stereocenters. The number of hydrogen-bond donors (Lipinski definition) is 4. The fourth-order valence-electron chi connectivity index (χ4n) is 2.15. The van der Waals surface area contributed by atoms with Gasteiger partial charge in [0.15, 0.2) is 0 Å². The summed E-state index contributed by atoms with van der Waals surface area (Å²) in [4.78, 5) is 4.70. The Labute approximate surface area is 142 Å². The molecule has 0 saturated heterocycles. The number of hydrogen-bond acceptors (Lipinski definition) is 6.